The molecule has 23 heavy (non-hydrogen) atoms. The minimum atomic E-state index is -1.07. The van der Waals surface area contributed by atoms with Crippen molar-refractivity contribution in [3.8, 4) is 0 Å². The maximum Gasteiger partial charge on any atom is 0.332 e. The molecule has 2 N–H and O–H groups in total. The van der Waals surface area contributed by atoms with Crippen LogP contribution in [0.15, 0.2) is 35.5 Å². The Morgan fingerprint density at radius 3 is 2.83 bits per heavy atom. The molecule has 120 valence electrons. The first-order valence-electron chi connectivity index (χ1n) is 6.99. The predicted molar refractivity (Wildman–Crippen MR) is 86.6 cm³/mol. The van der Waals surface area contributed by atoms with Crippen molar-refractivity contribution in [2.24, 2.45) is 0 Å². The van der Waals surface area contributed by atoms with Crippen molar-refractivity contribution in [1.29, 1.82) is 0 Å². The zero-order valence-electron chi connectivity index (χ0n) is 12.0. The van der Waals surface area contributed by atoms with Gasteiger partial charge in [0.05, 0.1) is 17.8 Å². The Hall–Kier alpha value is -1.99. The number of carbonyl (C=O) groups excluding carboxylic acids is 1. The van der Waals surface area contributed by atoms with Crippen molar-refractivity contribution in [2.75, 3.05) is 12.3 Å². The first-order chi connectivity index (χ1) is 11.1. The molecule has 0 saturated heterocycles. The minimum Gasteiger partial charge on any atom is -0.479 e. The molecule has 2 heterocycles. The van der Waals surface area contributed by atoms with Crippen molar-refractivity contribution in [2.45, 2.75) is 17.4 Å². The van der Waals surface area contributed by atoms with Gasteiger partial charge in [0.15, 0.2) is 6.04 Å². The molecule has 1 aromatic carbocycles. The van der Waals surface area contributed by atoms with E-state index in [1.54, 1.807) is 12.1 Å². The van der Waals surface area contributed by atoms with E-state index in [0.717, 1.165) is 10.6 Å². The molecule has 0 saturated carbocycles. The molecule has 1 atom stereocenters. The molecule has 1 amide bonds. The second-order valence-electron chi connectivity index (χ2n) is 5.09. The molecule has 1 aromatic heterocycles. The second-order valence-corrected chi connectivity index (χ2v) is 6.57. The molecule has 0 aliphatic carbocycles. The van der Waals surface area contributed by atoms with E-state index in [4.69, 9.17) is 11.6 Å². The fraction of sp³-hybridized carbons (Fsp3) is 0.267. The lowest BCUT2D eigenvalue weighted by atomic mass is 10.0. The van der Waals surface area contributed by atoms with Crippen molar-refractivity contribution in [3.05, 3.63) is 47.0 Å². The fourth-order valence-electron chi connectivity index (χ4n) is 2.55. The van der Waals surface area contributed by atoms with Crippen LogP contribution in [0, 0.1) is 0 Å². The number of rotatable bonds is 4. The molecule has 6 nitrogen and oxygen atoms in total. The van der Waals surface area contributed by atoms with Crippen LogP contribution in [0.25, 0.3) is 0 Å². The van der Waals surface area contributed by atoms with E-state index in [9.17, 15) is 14.7 Å². The highest BCUT2D eigenvalue weighted by Gasteiger charge is 2.37. The number of carboxylic acids is 1. The van der Waals surface area contributed by atoms with Gasteiger partial charge < -0.3 is 15.0 Å². The van der Waals surface area contributed by atoms with Gasteiger partial charge in [0, 0.05) is 28.6 Å². The number of imidazole rings is 1. The highest BCUT2D eigenvalue weighted by atomic mass is 35.5. The van der Waals surface area contributed by atoms with Crippen LogP contribution >= 0.6 is 23.4 Å². The number of carbonyl (C=O) groups is 2. The number of H-pyrrole nitrogens is 1. The zero-order valence-corrected chi connectivity index (χ0v) is 13.6. The summed E-state index contributed by atoms with van der Waals surface area (Å²) in [7, 11) is 0. The minimum absolute atomic E-state index is 0.172. The van der Waals surface area contributed by atoms with Gasteiger partial charge in [-0.3, -0.25) is 4.79 Å². The molecule has 2 aromatic rings. The van der Waals surface area contributed by atoms with Gasteiger partial charge in [-0.1, -0.05) is 11.6 Å². The number of halogens is 1. The smallest absolute Gasteiger partial charge is 0.332 e. The van der Waals surface area contributed by atoms with Gasteiger partial charge in [-0.05, 0) is 24.3 Å². The van der Waals surface area contributed by atoms with Crippen LogP contribution in [-0.4, -0.2) is 44.1 Å². The number of nitrogens with zero attached hydrogens (tertiary/aromatic N) is 2. The number of aliphatic carboxylic acids is 1. The summed E-state index contributed by atoms with van der Waals surface area (Å²) >= 11 is 7.18. The van der Waals surface area contributed by atoms with E-state index < -0.39 is 12.0 Å². The Morgan fingerprint density at radius 2 is 2.13 bits per heavy atom. The van der Waals surface area contributed by atoms with E-state index in [1.807, 2.05) is 12.1 Å². The van der Waals surface area contributed by atoms with E-state index in [1.165, 1.54) is 23.0 Å². The lowest BCUT2D eigenvalue weighted by Crippen LogP contribution is -2.44. The quantitative estimate of drug-likeness (QED) is 0.826. The van der Waals surface area contributed by atoms with Gasteiger partial charge >= 0.3 is 5.97 Å². The molecule has 3 rings (SSSR count). The van der Waals surface area contributed by atoms with E-state index in [0.29, 0.717) is 23.7 Å². The highest BCUT2D eigenvalue weighted by Crippen LogP contribution is 2.29. The van der Waals surface area contributed by atoms with Gasteiger partial charge in [-0.25, -0.2) is 9.78 Å². The summed E-state index contributed by atoms with van der Waals surface area (Å²) in [4.78, 5) is 33.3. The number of fused-ring (bicyclic) bond motifs is 1. The number of nitrogens with one attached hydrogen (secondary N) is 1. The Labute approximate surface area is 141 Å². The number of amides is 1. The molecule has 1 aliphatic rings. The molecule has 8 heteroatoms. The van der Waals surface area contributed by atoms with Crippen LogP contribution in [0.2, 0.25) is 5.02 Å². The average molecular weight is 352 g/mol. The van der Waals surface area contributed by atoms with E-state index in [2.05, 4.69) is 9.97 Å². The molecule has 0 radical (unpaired) electrons. The summed E-state index contributed by atoms with van der Waals surface area (Å²) in [5.41, 5.74) is 1.21. The first kappa shape index (κ1) is 15.9. The van der Waals surface area contributed by atoms with Crippen LogP contribution in [0.4, 0.5) is 0 Å². The van der Waals surface area contributed by atoms with Crippen LogP contribution in [0.1, 0.15) is 17.4 Å². The van der Waals surface area contributed by atoms with Crippen molar-refractivity contribution < 1.29 is 14.7 Å². The summed E-state index contributed by atoms with van der Waals surface area (Å²) < 4.78 is 0. The Morgan fingerprint density at radius 1 is 1.39 bits per heavy atom. The summed E-state index contributed by atoms with van der Waals surface area (Å²) in [6.07, 6.45) is 2.05. The molecule has 0 fully saturated rings. The topological polar surface area (TPSA) is 86.3 Å². The lowest BCUT2D eigenvalue weighted by Gasteiger charge is -2.32. The number of aromatic nitrogens is 2. The molecular weight excluding hydrogens is 338 g/mol. The van der Waals surface area contributed by atoms with Crippen molar-refractivity contribution >= 4 is 35.2 Å². The third kappa shape index (κ3) is 3.35. The third-order valence-electron chi connectivity index (χ3n) is 3.66. The van der Waals surface area contributed by atoms with Gasteiger partial charge in [0.2, 0.25) is 5.91 Å². The highest BCUT2D eigenvalue weighted by molar-refractivity contribution is 8.00. The Balaban J connectivity index is 1.71. The monoisotopic (exact) mass is 351 g/mol. The summed E-state index contributed by atoms with van der Waals surface area (Å²) in [5.74, 6) is -1.11. The number of aromatic amines is 1. The second kappa shape index (κ2) is 6.64. The van der Waals surface area contributed by atoms with Gasteiger partial charge in [-0.15, -0.1) is 11.8 Å². The first-order valence-corrected chi connectivity index (χ1v) is 8.35. The van der Waals surface area contributed by atoms with Gasteiger partial charge in [-0.2, -0.15) is 0 Å². The lowest BCUT2D eigenvalue weighted by molar-refractivity contribution is -0.150. The number of hydrogen-bond donors (Lipinski definition) is 2. The third-order valence-corrected chi connectivity index (χ3v) is 4.90. The maximum absolute atomic E-state index is 12.5. The van der Waals surface area contributed by atoms with Crippen LogP contribution in [0.5, 0.6) is 0 Å². The number of carboxylic acid groups (broad SMARTS) is 1. The molecule has 0 unspecified atom stereocenters. The number of hydrogen-bond acceptors (Lipinski definition) is 4. The van der Waals surface area contributed by atoms with Crippen LogP contribution in [-0.2, 0) is 16.0 Å². The Bertz CT molecular complexity index is 732. The van der Waals surface area contributed by atoms with Crippen molar-refractivity contribution in [1.82, 2.24) is 14.9 Å². The average Bonchev–Trinajstić information content (AvgIpc) is 3.01. The summed E-state index contributed by atoms with van der Waals surface area (Å²) in [6.45, 7) is 0.367. The van der Waals surface area contributed by atoms with Crippen molar-refractivity contribution in [3.63, 3.8) is 0 Å². The standard InChI is InChI=1S/C15H14ClN3O3S/c16-9-1-3-10(4-2-9)23-7-12(20)19-6-5-11-13(18-8-17-11)14(19)15(21)22/h1-4,8,14H,5-7H2,(H,17,18)(H,21,22)/t14-/m0/s1. The predicted octanol–water partition coefficient (Wildman–Crippen LogP) is 2.37. The van der Waals surface area contributed by atoms with Crippen LogP contribution < -0.4 is 0 Å². The largest absolute Gasteiger partial charge is 0.479 e. The summed E-state index contributed by atoms with van der Waals surface area (Å²) in [5, 5.41) is 10.1. The normalized spacial score (nSPS) is 16.9. The van der Waals surface area contributed by atoms with Gasteiger partial charge in [0.25, 0.3) is 0 Å². The van der Waals surface area contributed by atoms with Crippen LogP contribution in [0.3, 0.4) is 0 Å². The Kier molecular flexibility index (Phi) is 4.58. The zero-order chi connectivity index (χ0) is 16.4. The number of thioether (sulfide) groups is 1. The molecular formula is C15H14ClN3O3S. The van der Waals surface area contributed by atoms with Gasteiger partial charge in [0.1, 0.15) is 0 Å². The number of benzene rings is 1. The molecule has 1 aliphatic heterocycles. The SMILES string of the molecule is O=C(O)[C@@H]1c2nc[nH]c2CCN1C(=O)CSc1ccc(Cl)cc1. The molecule has 0 spiro atoms. The fourth-order valence-corrected chi connectivity index (χ4v) is 3.46. The van der Waals surface area contributed by atoms with E-state index >= 15 is 0 Å². The maximum atomic E-state index is 12.5. The summed E-state index contributed by atoms with van der Waals surface area (Å²) in [6, 6.07) is 6.15. The molecule has 0 bridgehead atoms. The van der Waals surface area contributed by atoms with E-state index in [-0.39, 0.29) is 11.7 Å².